The van der Waals surface area contributed by atoms with Gasteiger partial charge in [-0.2, -0.15) is 0 Å². The Morgan fingerprint density at radius 2 is 2.17 bits per heavy atom. The Balaban J connectivity index is 2.14. The number of amides is 1. The zero-order chi connectivity index (χ0) is 16.7. The second-order valence-electron chi connectivity index (χ2n) is 5.45. The molecule has 5 heteroatoms. The van der Waals surface area contributed by atoms with E-state index in [-0.39, 0.29) is 18.1 Å². The van der Waals surface area contributed by atoms with Crippen LogP contribution in [0.1, 0.15) is 18.9 Å². The molecule has 0 aliphatic carbocycles. The summed E-state index contributed by atoms with van der Waals surface area (Å²) in [7, 11) is 1.65. The Morgan fingerprint density at radius 3 is 2.78 bits per heavy atom. The first-order valence-corrected chi connectivity index (χ1v) is 7.95. The molecule has 1 aliphatic heterocycles. The van der Waals surface area contributed by atoms with Gasteiger partial charge >= 0.3 is 0 Å². The van der Waals surface area contributed by atoms with Gasteiger partial charge in [-0.1, -0.05) is 18.7 Å². The SMILES string of the molecule is C=CC(=O)N(Cc1ccc(OCC)cc1)[C@@H]1CCOC[C@H]1OC. The first-order valence-electron chi connectivity index (χ1n) is 7.95. The van der Waals surface area contributed by atoms with Crippen molar-refractivity contribution in [2.75, 3.05) is 26.9 Å². The lowest BCUT2D eigenvalue weighted by atomic mass is 10.0. The molecule has 1 aliphatic rings. The van der Waals surface area contributed by atoms with Gasteiger partial charge in [0.2, 0.25) is 5.91 Å². The fourth-order valence-electron chi connectivity index (χ4n) is 2.81. The van der Waals surface area contributed by atoms with Crippen molar-refractivity contribution >= 4 is 5.91 Å². The van der Waals surface area contributed by atoms with E-state index in [0.29, 0.717) is 26.4 Å². The number of methoxy groups -OCH3 is 1. The highest BCUT2D eigenvalue weighted by molar-refractivity contribution is 5.87. The van der Waals surface area contributed by atoms with Crippen LogP contribution in [0, 0.1) is 0 Å². The lowest BCUT2D eigenvalue weighted by Gasteiger charge is -2.38. The maximum Gasteiger partial charge on any atom is 0.246 e. The summed E-state index contributed by atoms with van der Waals surface area (Å²) in [6, 6.07) is 7.80. The molecular weight excluding hydrogens is 294 g/mol. The number of hydrogen-bond donors (Lipinski definition) is 0. The topological polar surface area (TPSA) is 48.0 Å². The molecular formula is C18H25NO4. The van der Waals surface area contributed by atoms with Crippen molar-refractivity contribution in [1.29, 1.82) is 0 Å². The van der Waals surface area contributed by atoms with Gasteiger partial charge in [-0.3, -0.25) is 4.79 Å². The van der Waals surface area contributed by atoms with E-state index < -0.39 is 0 Å². The van der Waals surface area contributed by atoms with Gasteiger partial charge in [0.15, 0.2) is 0 Å². The Bertz CT molecular complexity index is 514. The van der Waals surface area contributed by atoms with Crippen molar-refractivity contribution in [2.45, 2.75) is 32.0 Å². The van der Waals surface area contributed by atoms with E-state index >= 15 is 0 Å². The molecule has 0 radical (unpaired) electrons. The third-order valence-electron chi connectivity index (χ3n) is 4.02. The van der Waals surface area contributed by atoms with Crippen LogP contribution >= 0.6 is 0 Å². The minimum atomic E-state index is -0.115. The van der Waals surface area contributed by atoms with Gasteiger partial charge in [-0.25, -0.2) is 0 Å². The molecule has 0 unspecified atom stereocenters. The number of hydrogen-bond acceptors (Lipinski definition) is 4. The molecule has 1 aromatic rings. The number of ether oxygens (including phenoxy) is 3. The van der Waals surface area contributed by atoms with Crippen LogP contribution in [0.4, 0.5) is 0 Å². The first-order chi connectivity index (χ1) is 11.2. The molecule has 1 amide bonds. The largest absolute Gasteiger partial charge is 0.494 e. The molecule has 1 aromatic carbocycles. The smallest absolute Gasteiger partial charge is 0.246 e. The highest BCUT2D eigenvalue weighted by Crippen LogP contribution is 2.21. The number of carbonyl (C=O) groups is 1. The Hall–Kier alpha value is -1.85. The predicted molar refractivity (Wildman–Crippen MR) is 88.4 cm³/mol. The molecule has 0 aromatic heterocycles. The Kier molecular flexibility index (Phi) is 6.62. The molecule has 0 bridgehead atoms. The van der Waals surface area contributed by atoms with Crippen LogP contribution in [0.5, 0.6) is 5.75 Å². The molecule has 1 fully saturated rings. The quantitative estimate of drug-likeness (QED) is 0.724. The normalized spacial score (nSPS) is 20.8. The summed E-state index contributed by atoms with van der Waals surface area (Å²) < 4.78 is 16.4. The predicted octanol–water partition coefficient (Wildman–Crippen LogP) is 2.40. The van der Waals surface area contributed by atoms with Gasteiger partial charge in [-0.15, -0.1) is 0 Å². The first kappa shape index (κ1) is 17.5. The van der Waals surface area contributed by atoms with Crippen molar-refractivity contribution in [3.8, 4) is 5.75 Å². The lowest BCUT2D eigenvalue weighted by molar-refractivity contribution is -0.139. The number of nitrogens with zero attached hydrogens (tertiary/aromatic N) is 1. The minimum Gasteiger partial charge on any atom is -0.494 e. The summed E-state index contributed by atoms with van der Waals surface area (Å²) in [5, 5.41) is 0. The lowest BCUT2D eigenvalue weighted by Crippen LogP contribution is -2.51. The zero-order valence-electron chi connectivity index (χ0n) is 13.9. The van der Waals surface area contributed by atoms with Gasteiger partial charge in [-0.05, 0) is 37.1 Å². The molecule has 0 N–H and O–H groups in total. The second kappa shape index (κ2) is 8.70. The standard InChI is InChI=1S/C18H25NO4/c1-4-18(20)19(16-10-11-22-13-17(16)21-3)12-14-6-8-15(9-7-14)23-5-2/h4,6-9,16-17H,1,5,10-13H2,2-3H3/t16-,17-/m1/s1. The molecule has 1 saturated heterocycles. The maximum atomic E-state index is 12.3. The van der Waals surface area contributed by atoms with E-state index in [9.17, 15) is 4.79 Å². The van der Waals surface area contributed by atoms with Crippen LogP contribution in [0.15, 0.2) is 36.9 Å². The molecule has 1 heterocycles. The van der Waals surface area contributed by atoms with Crippen molar-refractivity contribution in [1.82, 2.24) is 4.90 Å². The maximum absolute atomic E-state index is 12.3. The highest BCUT2D eigenvalue weighted by atomic mass is 16.5. The summed E-state index contributed by atoms with van der Waals surface area (Å²) in [5.41, 5.74) is 1.05. The van der Waals surface area contributed by atoms with Crippen LogP contribution in [0.2, 0.25) is 0 Å². The number of rotatable bonds is 7. The van der Waals surface area contributed by atoms with E-state index in [1.807, 2.05) is 36.1 Å². The van der Waals surface area contributed by atoms with Gasteiger partial charge < -0.3 is 19.1 Å². The summed E-state index contributed by atoms with van der Waals surface area (Å²) in [6.45, 7) is 7.87. The Morgan fingerprint density at radius 1 is 1.43 bits per heavy atom. The third kappa shape index (κ3) is 4.56. The van der Waals surface area contributed by atoms with Crippen molar-refractivity contribution < 1.29 is 19.0 Å². The fraction of sp³-hybridized carbons (Fsp3) is 0.500. The monoisotopic (exact) mass is 319 g/mol. The zero-order valence-corrected chi connectivity index (χ0v) is 13.9. The van der Waals surface area contributed by atoms with Crippen molar-refractivity contribution in [3.63, 3.8) is 0 Å². The van der Waals surface area contributed by atoms with E-state index in [1.165, 1.54) is 6.08 Å². The van der Waals surface area contributed by atoms with Gasteiger partial charge in [0.1, 0.15) is 11.9 Å². The van der Waals surface area contributed by atoms with E-state index in [2.05, 4.69) is 6.58 Å². The van der Waals surface area contributed by atoms with Gasteiger partial charge in [0, 0.05) is 20.3 Å². The molecule has 0 spiro atoms. The third-order valence-corrected chi connectivity index (χ3v) is 4.02. The van der Waals surface area contributed by atoms with Crippen LogP contribution in [-0.4, -0.2) is 49.9 Å². The van der Waals surface area contributed by atoms with Crippen LogP contribution in [0.3, 0.4) is 0 Å². The molecule has 5 nitrogen and oxygen atoms in total. The summed E-state index contributed by atoms with van der Waals surface area (Å²) in [6.07, 6.45) is 2.00. The summed E-state index contributed by atoms with van der Waals surface area (Å²) >= 11 is 0. The molecule has 2 atom stereocenters. The average Bonchev–Trinajstić information content (AvgIpc) is 2.60. The van der Waals surface area contributed by atoms with Gasteiger partial charge in [0.05, 0.1) is 19.3 Å². The number of carbonyl (C=O) groups excluding carboxylic acids is 1. The van der Waals surface area contributed by atoms with Crippen LogP contribution < -0.4 is 4.74 Å². The van der Waals surface area contributed by atoms with E-state index in [4.69, 9.17) is 14.2 Å². The Labute approximate surface area is 137 Å². The fourth-order valence-corrected chi connectivity index (χ4v) is 2.81. The van der Waals surface area contributed by atoms with E-state index in [0.717, 1.165) is 17.7 Å². The van der Waals surface area contributed by atoms with Crippen molar-refractivity contribution in [3.05, 3.63) is 42.5 Å². The molecule has 2 rings (SSSR count). The van der Waals surface area contributed by atoms with Crippen LogP contribution in [0.25, 0.3) is 0 Å². The second-order valence-corrected chi connectivity index (χ2v) is 5.45. The minimum absolute atomic E-state index is 0.00850. The highest BCUT2D eigenvalue weighted by Gasteiger charge is 2.32. The average molecular weight is 319 g/mol. The van der Waals surface area contributed by atoms with E-state index in [1.54, 1.807) is 7.11 Å². The molecule has 126 valence electrons. The molecule has 0 saturated carbocycles. The molecule has 23 heavy (non-hydrogen) atoms. The number of benzene rings is 1. The van der Waals surface area contributed by atoms with Crippen molar-refractivity contribution in [2.24, 2.45) is 0 Å². The van der Waals surface area contributed by atoms with Crippen LogP contribution in [-0.2, 0) is 20.8 Å². The van der Waals surface area contributed by atoms with Gasteiger partial charge in [0.25, 0.3) is 0 Å². The summed E-state index contributed by atoms with van der Waals surface area (Å²) in [5.74, 6) is 0.742. The summed E-state index contributed by atoms with van der Waals surface area (Å²) in [4.78, 5) is 14.2.